The molecule has 4 atom stereocenters. The number of imide groups is 1. The van der Waals surface area contributed by atoms with Gasteiger partial charge in [0.25, 0.3) is 0 Å². The van der Waals surface area contributed by atoms with Crippen molar-refractivity contribution in [1.82, 2.24) is 29.9 Å². The van der Waals surface area contributed by atoms with Crippen LogP contribution in [-0.4, -0.2) is 115 Å². The van der Waals surface area contributed by atoms with E-state index in [9.17, 15) is 22.8 Å². The molecule has 0 aromatic heterocycles. The van der Waals surface area contributed by atoms with E-state index < -0.39 is 26.8 Å². The zero-order valence-electron chi connectivity index (χ0n) is 23.8. The molecule has 5 fully saturated rings. The summed E-state index contributed by atoms with van der Waals surface area (Å²) in [5.74, 6) is -0.627. The van der Waals surface area contributed by atoms with Gasteiger partial charge in [0.2, 0.25) is 15.9 Å². The van der Waals surface area contributed by atoms with Gasteiger partial charge in [-0.1, -0.05) is 0 Å². The largest absolute Gasteiger partial charge is 0.444 e. The van der Waals surface area contributed by atoms with Crippen molar-refractivity contribution in [2.45, 2.75) is 82.2 Å². The highest BCUT2D eigenvalue weighted by Gasteiger charge is 2.53. The second-order valence-corrected chi connectivity index (χ2v) is 15.5. The Labute approximate surface area is 231 Å². The molecule has 0 aromatic rings. The number of nitrogens with zero attached hydrogens (tertiary/aromatic N) is 4. The van der Waals surface area contributed by atoms with Gasteiger partial charge in [-0.05, 0) is 59.8 Å². The maximum absolute atomic E-state index is 13.8. The highest BCUT2D eigenvalue weighted by atomic mass is 32.2. The second kappa shape index (κ2) is 10.1. The molecule has 4 unspecified atom stereocenters. The van der Waals surface area contributed by atoms with Gasteiger partial charge in [0.05, 0.1) is 11.2 Å². The maximum atomic E-state index is 13.8. The van der Waals surface area contributed by atoms with Gasteiger partial charge >= 0.3 is 12.1 Å². The van der Waals surface area contributed by atoms with E-state index in [-0.39, 0.29) is 47.9 Å². The summed E-state index contributed by atoms with van der Waals surface area (Å²) in [5, 5.41) is 1.31. The van der Waals surface area contributed by atoms with Crippen LogP contribution in [0.3, 0.4) is 0 Å². The number of rotatable bonds is 7. The number of hydrazine groups is 1. The summed E-state index contributed by atoms with van der Waals surface area (Å²) in [7, 11) is -1.65. The minimum absolute atomic E-state index is 0.0781. The molecule has 5 aliphatic rings. The molecule has 2 N–H and O–H groups in total. The number of fused-ring (bicyclic) bond motifs is 1. The number of nitrogens with one attached hydrogen (secondary N) is 2. The van der Waals surface area contributed by atoms with Gasteiger partial charge in [0, 0.05) is 69.7 Å². The van der Waals surface area contributed by atoms with Crippen LogP contribution in [0.15, 0.2) is 0 Å². The van der Waals surface area contributed by atoms with Crippen molar-refractivity contribution in [1.29, 1.82) is 0 Å². The molecule has 4 amide bonds. The lowest BCUT2D eigenvalue weighted by Crippen LogP contribution is -2.67. The summed E-state index contributed by atoms with van der Waals surface area (Å²) in [5.41, 5.74) is 2.28. The predicted octanol–water partition coefficient (Wildman–Crippen LogP) is 1.19. The molecule has 2 aliphatic carbocycles. The minimum atomic E-state index is -3.58. The fourth-order valence-corrected chi connectivity index (χ4v) is 8.31. The lowest BCUT2D eigenvalue weighted by atomic mass is 9.80. The van der Waals surface area contributed by atoms with Gasteiger partial charge in [-0.15, -0.1) is 0 Å². The van der Waals surface area contributed by atoms with Gasteiger partial charge in [-0.3, -0.25) is 15.1 Å². The molecule has 5 rings (SSSR count). The zero-order chi connectivity index (χ0) is 28.3. The molecule has 12 nitrogen and oxygen atoms in total. The first kappa shape index (κ1) is 28.6. The van der Waals surface area contributed by atoms with Crippen LogP contribution in [0.1, 0.15) is 59.8 Å². The second-order valence-electron chi connectivity index (χ2n) is 13.6. The number of carbonyl (C=O) groups is 3. The Hall–Kier alpha value is -1.96. The molecule has 3 saturated heterocycles. The average Bonchev–Trinajstić information content (AvgIpc) is 3.37. The number of carbonyl (C=O) groups excluding carboxylic acids is 3. The van der Waals surface area contributed by atoms with E-state index in [1.165, 1.54) is 4.90 Å². The van der Waals surface area contributed by atoms with E-state index in [2.05, 4.69) is 10.1 Å². The van der Waals surface area contributed by atoms with Crippen molar-refractivity contribution >= 4 is 28.1 Å². The summed E-state index contributed by atoms with van der Waals surface area (Å²) in [6.07, 6.45) is 2.38. The molecule has 0 bridgehead atoms. The Bertz CT molecular complexity index is 1100. The van der Waals surface area contributed by atoms with E-state index >= 15 is 0 Å². The van der Waals surface area contributed by atoms with Crippen molar-refractivity contribution in [3.63, 3.8) is 0 Å². The van der Waals surface area contributed by atoms with E-state index in [4.69, 9.17) is 4.74 Å². The van der Waals surface area contributed by atoms with Crippen LogP contribution in [0.25, 0.3) is 0 Å². The number of urea groups is 1. The summed E-state index contributed by atoms with van der Waals surface area (Å²) >= 11 is 0. The quantitative estimate of drug-likeness (QED) is 0.468. The number of sulfonamides is 1. The average molecular weight is 569 g/mol. The smallest absolute Gasteiger partial charge is 0.410 e. The fraction of sp³-hybridized carbons (Fsp3) is 0.885. The minimum Gasteiger partial charge on any atom is -0.444 e. The number of hydrogen-bond acceptors (Lipinski definition) is 8. The van der Waals surface area contributed by atoms with Crippen molar-refractivity contribution < 1.29 is 27.5 Å². The number of likely N-dealkylation sites (tertiary alicyclic amines) is 1. The van der Waals surface area contributed by atoms with E-state index in [1.54, 1.807) is 9.80 Å². The van der Waals surface area contributed by atoms with Crippen molar-refractivity contribution in [2.75, 3.05) is 46.3 Å². The first-order valence-corrected chi connectivity index (χ1v) is 15.8. The highest BCUT2D eigenvalue weighted by molar-refractivity contribution is 7.90. The van der Waals surface area contributed by atoms with E-state index in [0.29, 0.717) is 45.6 Å². The Kier molecular flexibility index (Phi) is 7.43. The van der Waals surface area contributed by atoms with Crippen molar-refractivity contribution in [3.8, 4) is 0 Å². The highest BCUT2D eigenvalue weighted by Crippen LogP contribution is 2.41. The van der Waals surface area contributed by atoms with Gasteiger partial charge in [-0.2, -0.15) is 0 Å². The monoisotopic (exact) mass is 568 g/mol. The third-order valence-electron chi connectivity index (χ3n) is 8.74. The molecule has 0 radical (unpaired) electrons. The van der Waals surface area contributed by atoms with Crippen LogP contribution in [0.5, 0.6) is 0 Å². The molecule has 0 aromatic carbocycles. The van der Waals surface area contributed by atoms with E-state index in [0.717, 1.165) is 19.4 Å². The molecule has 39 heavy (non-hydrogen) atoms. The molecule has 2 saturated carbocycles. The van der Waals surface area contributed by atoms with Gasteiger partial charge < -0.3 is 14.5 Å². The Morgan fingerprint density at radius 3 is 2.38 bits per heavy atom. The summed E-state index contributed by atoms with van der Waals surface area (Å²) < 4.78 is 34.8. The molecule has 3 heterocycles. The molecule has 3 aliphatic heterocycles. The SMILES string of the molecule is CN1CC(CN2C(=O)C3CC(S(=O)(=O)NC4(C)CC4)CCC3N(CC3CN(C(=O)OC(C)(C)C)C3)C2=O)CN1. The first-order chi connectivity index (χ1) is 18.1. The third kappa shape index (κ3) is 6.20. The summed E-state index contributed by atoms with van der Waals surface area (Å²) in [6, 6.07) is -0.624. The van der Waals surface area contributed by atoms with Crippen LogP contribution in [-0.2, 0) is 19.6 Å². The Morgan fingerprint density at radius 2 is 1.79 bits per heavy atom. The maximum Gasteiger partial charge on any atom is 0.410 e. The van der Waals surface area contributed by atoms with Gasteiger partial charge in [-0.25, -0.2) is 27.7 Å². The fourth-order valence-electron chi connectivity index (χ4n) is 6.35. The van der Waals surface area contributed by atoms with Crippen LogP contribution in [0, 0.1) is 17.8 Å². The van der Waals surface area contributed by atoms with Crippen LogP contribution < -0.4 is 10.1 Å². The Morgan fingerprint density at radius 1 is 1.10 bits per heavy atom. The van der Waals surface area contributed by atoms with Crippen molar-refractivity contribution in [3.05, 3.63) is 0 Å². The lowest BCUT2D eigenvalue weighted by molar-refractivity contribution is -0.141. The van der Waals surface area contributed by atoms with Gasteiger partial charge in [0.1, 0.15) is 5.60 Å². The van der Waals surface area contributed by atoms with Crippen LogP contribution in [0.2, 0.25) is 0 Å². The van der Waals surface area contributed by atoms with E-state index in [1.807, 2.05) is 39.8 Å². The number of ether oxygens (including phenoxy) is 1. The molecule has 0 spiro atoms. The number of amides is 4. The normalized spacial score (nSPS) is 31.8. The van der Waals surface area contributed by atoms with Crippen LogP contribution >= 0.6 is 0 Å². The van der Waals surface area contributed by atoms with Crippen molar-refractivity contribution in [2.24, 2.45) is 17.8 Å². The lowest BCUT2D eigenvalue weighted by Gasteiger charge is -2.51. The summed E-state index contributed by atoms with van der Waals surface area (Å²) in [4.78, 5) is 44.7. The topological polar surface area (TPSA) is 132 Å². The molecule has 13 heteroatoms. The summed E-state index contributed by atoms with van der Waals surface area (Å²) in [6.45, 7) is 10.5. The predicted molar refractivity (Wildman–Crippen MR) is 144 cm³/mol. The molecular weight excluding hydrogens is 524 g/mol. The van der Waals surface area contributed by atoms with Gasteiger partial charge in [0.15, 0.2) is 0 Å². The standard InChI is InChI=1S/C26H44N6O6S/c1-25(2,3)38-24(35)30-13-18(14-30)16-31-21-7-6-19(39(36,37)28-26(4)8-9-26)10-20(21)22(33)32(23(31)34)15-17-11-27-29(5)12-17/h17-21,27-28H,6-16H2,1-5H3. The number of hydrogen-bond donors (Lipinski definition) is 2. The first-order valence-electron chi connectivity index (χ1n) is 14.2. The molecular formula is C26H44N6O6S. The van der Waals surface area contributed by atoms with Crippen LogP contribution in [0.4, 0.5) is 9.59 Å². The zero-order valence-corrected chi connectivity index (χ0v) is 24.6. The third-order valence-corrected chi connectivity index (χ3v) is 10.8. The Balaban J connectivity index is 1.30. The molecule has 220 valence electrons.